The van der Waals surface area contributed by atoms with Gasteiger partial charge in [0.2, 0.25) is 0 Å². The highest BCUT2D eigenvalue weighted by atomic mass is 16.5. The summed E-state index contributed by atoms with van der Waals surface area (Å²) in [7, 11) is 1.70. The first-order chi connectivity index (χ1) is 7.84. The van der Waals surface area contributed by atoms with Crippen molar-refractivity contribution in [1.29, 1.82) is 0 Å². The number of hydrogen-bond donors (Lipinski definition) is 0. The van der Waals surface area contributed by atoms with Gasteiger partial charge in [-0.05, 0) is 44.4 Å². The number of hydrogen-bond acceptors (Lipinski definition) is 3. The van der Waals surface area contributed by atoms with E-state index in [9.17, 15) is 4.79 Å². The molecule has 0 amide bonds. The minimum absolute atomic E-state index is 0.141. The first-order valence-corrected chi connectivity index (χ1v) is 5.85. The van der Waals surface area contributed by atoms with Crippen molar-refractivity contribution in [3.63, 3.8) is 0 Å². The first kappa shape index (κ1) is 14.0. The van der Waals surface area contributed by atoms with Crippen molar-refractivity contribution in [3.8, 4) is 0 Å². The van der Waals surface area contributed by atoms with Crippen LogP contribution in [0.3, 0.4) is 0 Å². The van der Waals surface area contributed by atoms with Crippen molar-refractivity contribution in [2.24, 2.45) is 5.41 Å². The van der Waals surface area contributed by atoms with E-state index in [4.69, 9.17) is 9.47 Å². The Kier molecular flexibility index (Phi) is 4.15. The van der Waals surface area contributed by atoms with Gasteiger partial charge in [0.1, 0.15) is 6.61 Å². The molecule has 0 heterocycles. The monoisotopic (exact) mass is 238 g/mol. The summed E-state index contributed by atoms with van der Waals surface area (Å²) in [6.07, 6.45) is 0. The molecule has 0 radical (unpaired) electrons. The SMILES string of the molecule is COCC1(C)C(C)=C(C)C(C)=C1COC(C)=O. The molecule has 0 saturated heterocycles. The predicted molar refractivity (Wildman–Crippen MR) is 67.7 cm³/mol. The fourth-order valence-corrected chi connectivity index (χ4v) is 2.49. The number of allylic oxidation sites excluding steroid dienone is 2. The van der Waals surface area contributed by atoms with Gasteiger partial charge in [-0.3, -0.25) is 4.79 Å². The molecule has 3 nitrogen and oxygen atoms in total. The standard InChI is InChI=1S/C14H22O3/c1-9-10(2)13(7-17-12(4)15)14(5,8-16-6)11(9)3/h7-8H2,1-6H3. The molecule has 3 heteroatoms. The summed E-state index contributed by atoms with van der Waals surface area (Å²) in [5.74, 6) is -0.243. The van der Waals surface area contributed by atoms with Crippen LogP contribution in [0.15, 0.2) is 22.3 Å². The third kappa shape index (κ3) is 2.44. The van der Waals surface area contributed by atoms with E-state index >= 15 is 0 Å². The molecule has 1 aliphatic carbocycles. The summed E-state index contributed by atoms with van der Waals surface area (Å²) >= 11 is 0. The fraction of sp³-hybridized carbons (Fsp3) is 0.643. The van der Waals surface area contributed by atoms with Gasteiger partial charge < -0.3 is 9.47 Å². The molecule has 96 valence electrons. The van der Waals surface area contributed by atoms with Gasteiger partial charge in [-0.25, -0.2) is 0 Å². The minimum Gasteiger partial charge on any atom is -0.461 e. The van der Waals surface area contributed by atoms with Crippen molar-refractivity contribution in [3.05, 3.63) is 22.3 Å². The lowest BCUT2D eigenvalue weighted by atomic mass is 9.79. The van der Waals surface area contributed by atoms with Crippen LogP contribution >= 0.6 is 0 Å². The molecule has 0 spiro atoms. The minimum atomic E-state index is -0.243. The molecule has 0 fully saturated rings. The lowest BCUT2D eigenvalue weighted by Crippen LogP contribution is -2.27. The van der Waals surface area contributed by atoms with Crippen LogP contribution in [0, 0.1) is 5.41 Å². The molecule has 0 N–H and O–H groups in total. The highest BCUT2D eigenvalue weighted by Crippen LogP contribution is 2.46. The molecule has 0 saturated carbocycles. The summed E-state index contributed by atoms with van der Waals surface area (Å²) in [5, 5.41) is 0. The van der Waals surface area contributed by atoms with Gasteiger partial charge >= 0.3 is 5.97 Å². The van der Waals surface area contributed by atoms with E-state index in [0.29, 0.717) is 13.2 Å². The van der Waals surface area contributed by atoms with Crippen LogP contribution in [-0.2, 0) is 14.3 Å². The zero-order chi connectivity index (χ0) is 13.2. The molecule has 17 heavy (non-hydrogen) atoms. The molecule has 0 aromatic carbocycles. The average Bonchev–Trinajstić information content (AvgIpc) is 2.40. The number of methoxy groups -OCH3 is 1. The van der Waals surface area contributed by atoms with Crippen LogP contribution in [0.25, 0.3) is 0 Å². The third-order valence-electron chi connectivity index (χ3n) is 3.92. The van der Waals surface area contributed by atoms with Gasteiger partial charge in [0.25, 0.3) is 0 Å². The molecule has 0 aromatic heterocycles. The highest BCUT2D eigenvalue weighted by molar-refractivity contribution is 5.66. The van der Waals surface area contributed by atoms with Crippen LogP contribution in [0.5, 0.6) is 0 Å². The lowest BCUT2D eigenvalue weighted by Gasteiger charge is -2.29. The van der Waals surface area contributed by atoms with E-state index in [1.54, 1.807) is 7.11 Å². The van der Waals surface area contributed by atoms with Gasteiger partial charge in [0.05, 0.1) is 6.61 Å². The Hall–Kier alpha value is -1.09. The average molecular weight is 238 g/mol. The second-order valence-corrected chi connectivity index (χ2v) is 4.90. The fourth-order valence-electron chi connectivity index (χ4n) is 2.49. The van der Waals surface area contributed by atoms with E-state index in [2.05, 4.69) is 27.7 Å². The molecular formula is C14H22O3. The summed E-state index contributed by atoms with van der Waals surface area (Å²) < 4.78 is 10.5. The van der Waals surface area contributed by atoms with E-state index in [0.717, 1.165) is 5.57 Å². The smallest absolute Gasteiger partial charge is 0.302 e. The number of esters is 1. The first-order valence-electron chi connectivity index (χ1n) is 5.85. The zero-order valence-electron chi connectivity index (χ0n) is 11.6. The van der Waals surface area contributed by atoms with Gasteiger partial charge in [-0.1, -0.05) is 5.57 Å². The van der Waals surface area contributed by atoms with Gasteiger partial charge in [0.15, 0.2) is 0 Å². The summed E-state index contributed by atoms with van der Waals surface area (Å²) in [6, 6.07) is 0. The van der Waals surface area contributed by atoms with Crippen LogP contribution in [-0.4, -0.2) is 26.3 Å². The Morgan fingerprint density at radius 3 is 2.29 bits per heavy atom. The van der Waals surface area contributed by atoms with Crippen molar-refractivity contribution >= 4 is 5.97 Å². The molecule has 1 aliphatic rings. The maximum absolute atomic E-state index is 10.9. The predicted octanol–water partition coefficient (Wildman–Crippen LogP) is 2.87. The van der Waals surface area contributed by atoms with Crippen molar-refractivity contribution < 1.29 is 14.3 Å². The second kappa shape index (κ2) is 5.05. The zero-order valence-corrected chi connectivity index (χ0v) is 11.6. The van der Waals surface area contributed by atoms with Crippen molar-refractivity contribution in [2.75, 3.05) is 20.3 Å². The van der Waals surface area contributed by atoms with Gasteiger partial charge in [-0.2, -0.15) is 0 Å². The van der Waals surface area contributed by atoms with E-state index in [1.807, 2.05) is 0 Å². The second-order valence-electron chi connectivity index (χ2n) is 4.90. The highest BCUT2D eigenvalue weighted by Gasteiger charge is 2.38. The molecule has 1 unspecified atom stereocenters. The van der Waals surface area contributed by atoms with Crippen LogP contribution in [0.4, 0.5) is 0 Å². The number of carbonyl (C=O) groups excluding carboxylic acids is 1. The normalized spacial score (nSPS) is 24.6. The Labute approximate surface area is 103 Å². The molecule has 1 rings (SSSR count). The Bertz CT molecular complexity index is 390. The largest absolute Gasteiger partial charge is 0.461 e. The topological polar surface area (TPSA) is 35.5 Å². The van der Waals surface area contributed by atoms with Crippen LogP contribution in [0.2, 0.25) is 0 Å². The maximum Gasteiger partial charge on any atom is 0.302 e. The molecule has 1 atom stereocenters. The summed E-state index contributed by atoms with van der Waals surface area (Å²) in [6.45, 7) is 10.9. The maximum atomic E-state index is 10.9. The van der Waals surface area contributed by atoms with Crippen molar-refractivity contribution in [2.45, 2.75) is 34.6 Å². The Balaban J connectivity index is 3.04. The quantitative estimate of drug-likeness (QED) is 0.706. The van der Waals surface area contributed by atoms with E-state index in [1.165, 1.54) is 23.6 Å². The molecular weight excluding hydrogens is 216 g/mol. The van der Waals surface area contributed by atoms with Crippen LogP contribution in [0.1, 0.15) is 34.6 Å². The van der Waals surface area contributed by atoms with Crippen molar-refractivity contribution in [1.82, 2.24) is 0 Å². The number of rotatable bonds is 4. The molecule has 0 aliphatic heterocycles. The van der Waals surface area contributed by atoms with Crippen LogP contribution < -0.4 is 0 Å². The molecule has 0 aromatic rings. The summed E-state index contributed by atoms with van der Waals surface area (Å²) in [5.41, 5.74) is 4.83. The lowest BCUT2D eigenvalue weighted by molar-refractivity contribution is -0.140. The van der Waals surface area contributed by atoms with Gasteiger partial charge in [-0.15, -0.1) is 0 Å². The Morgan fingerprint density at radius 2 is 1.82 bits per heavy atom. The number of carbonyl (C=O) groups is 1. The molecule has 0 bridgehead atoms. The van der Waals surface area contributed by atoms with E-state index < -0.39 is 0 Å². The Morgan fingerprint density at radius 1 is 1.24 bits per heavy atom. The summed E-state index contributed by atoms with van der Waals surface area (Å²) in [4.78, 5) is 10.9. The third-order valence-corrected chi connectivity index (χ3v) is 3.92. The van der Waals surface area contributed by atoms with Gasteiger partial charge in [0, 0.05) is 19.4 Å². The van der Waals surface area contributed by atoms with E-state index in [-0.39, 0.29) is 11.4 Å². The number of ether oxygens (including phenoxy) is 2.